The van der Waals surface area contributed by atoms with E-state index in [2.05, 4.69) is 10.6 Å². The SMILES string of the molecule is COc1ccc(CNC(=O)c2cc([N+](=O)[O-])ccc2NC2CCCC2)cc1OC. The van der Waals surface area contributed by atoms with E-state index >= 15 is 0 Å². The number of carbonyl (C=O) groups excluding carboxylic acids is 1. The average Bonchev–Trinajstić information content (AvgIpc) is 3.24. The summed E-state index contributed by atoms with van der Waals surface area (Å²) in [6, 6.07) is 10.0. The van der Waals surface area contributed by atoms with Crippen molar-refractivity contribution in [2.75, 3.05) is 19.5 Å². The van der Waals surface area contributed by atoms with Crippen LogP contribution in [-0.4, -0.2) is 31.1 Å². The first kappa shape index (κ1) is 20.4. The molecule has 29 heavy (non-hydrogen) atoms. The molecule has 0 spiro atoms. The monoisotopic (exact) mass is 399 g/mol. The Morgan fingerprint density at radius 2 is 1.83 bits per heavy atom. The van der Waals surface area contributed by atoms with E-state index in [-0.39, 0.29) is 29.7 Å². The Hall–Kier alpha value is -3.29. The highest BCUT2D eigenvalue weighted by Crippen LogP contribution is 2.29. The zero-order chi connectivity index (χ0) is 20.8. The van der Waals surface area contributed by atoms with Crippen LogP contribution in [0.15, 0.2) is 36.4 Å². The lowest BCUT2D eigenvalue weighted by molar-refractivity contribution is -0.384. The van der Waals surface area contributed by atoms with Gasteiger partial charge in [-0.3, -0.25) is 14.9 Å². The number of methoxy groups -OCH3 is 2. The Bertz CT molecular complexity index is 894. The number of nitro groups is 1. The van der Waals surface area contributed by atoms with E-state index < -0.39 is 4.92 Å². The molecule has 1 aliphatic carbocycles. The lowest BCUT2D eigenvalue weighted by Crippen LogP contribution is -2.25. The summed E-state index contributed by atoms with van der Waals surface area (Å²) in [7, 11) is 3.10. The lowest BCUT2D eigenvalue weighted by atomic mass is 10.1. The summed E-state index contributed by atoms with van der Waals surface area (Å²) in [6.45, 7) is 0.255. The summed E-state index contributed by atoms with van der Waals surface area (Å²) < 4.78 is 10.5. The van der Waals surface area contributed by atoms with Crippen molar-refractivity contribution in [1.29, 1.82) is 0 Å². The number of nitrogens with one attached hydrogen (secondary N) is 2. The van der Waals surface area contributed by atoms with E-state index in [0.717, 1.165) is 31.2 Å². The third-order valence-corrected chi connectivity index (χ3v) is 5.07. The molecule has 0 radical (unpaired) electrons. The van der Waals surface area contributed by atoms with Crippen molar-refractivity contribution in [3.63, 3.8) is 0 Å². The Labute approximate surface area is 169 Å². The number of nitrogens with zero attached hydrogens (tertiary/aromatic N) is 1. The molecule has 0 atom stereocenters. The minimum Gasteiger partial charge on any atom is -0.493 e. The van der Waals surface area contributed by atoms with Crippen molar-refractivity contribution < 1.29 is 19.2 Å². The Kier molecular flexibility index (Phi) is 6.54. The van der Waals surface area contributed by atoms with Crippen LogP contribution < -0.4 is 20.1 Å². The third kappa shape index (κ3) is 4.96. The zero-order valence-corrected chi connectivity index (χ0v) is 16.6. The molecule has 2 aromatic carbocycles. The van der Waals surface area contributed by atoms with Crippen LogP contribution in [0.1, 0.15) is 41.6 Å². The topological polar surface area (TPSA) is 103 Å². The highest BCUT2D eigenvalue weighted by atomic mass is 16.6. The predicted molar refractivity (Wildman–Crippen MR) is 110 cm³/mol. The molecule has 1 amide bonds. The van der Waals surface area contributed by atoms with Gasteiger partial charge in [0.15, 0.2) is 11.5 Å². The number of hydrogen-bond donors (Lipinski definition) is 2. The number of nitro benzene ring substituents is 1. The summed E-state index contributed by atoms with van der Waals surface area (Å²) in [5.74, 6) is 0.798. The quantitative estimate of drug-likeness (QED) is 0.516. The Balaban J connectivity index is 1.77. The Morgan fingerprint density at radius 1 is 1.10 bits per heavy atom. The first-order valence-electron chi connectivity index (χ1n) is 9.56. The van der Waals surface area contributed by atoms with Gasteiger partial charge in [-0.05, 0) is 36.6 Å². The molecule has 0 unspecified atom stereocenters. The van der Waals surface area contributed by atoms with Gasteiger partial charge in [0, 0.05) is 30.4 Å². The summed E-state index contributed by atoms with van der Waals surface area (Å²) in [4.78, 5) is 23.5. The normalized spacial score (nSPS) is 13.7. The smallest absolute Gasteiger partial charge is 0.270 e. The lowest BCUT2D eigenvalue weighted by Gasteiger charge is -2.17. The number of carbonyl (C=O) groups is 1. The zero-order valence-electron chi connectivity index (χ0n) is 16.6. The van der Waals surface area contributed by atoms with Gasteiger partial charge in [-0.15, -0.1) is 0 Å². The van der Waals surface area contributed by atoms with Crippen LogP contribution in [0.5, 0.6) is 11.5 Å². The molecule has 0 aromatic heterocycles. The molecule has 0 aliphatic heterocycles. The standard InChI is InChI=1S/C21H25N3O5/c1-28-19-10-7-14(11-20(19)29-2)13-22-21(25)17-12-16(24(26)27)8-9-18(17)23-15-5-3-4-6-15/h7-12,15,23H,3-6,13H2,1-2H3,(H,22,25). The van der Waals surface area contributed by atoms with Gasteiger partial charge in [0.2, 0.25) is 0 Å². The minimum atomic E-state index is -0.496. The van der Waals surface area contributed by atoms with Crippen molar-refractivity contribution >= 4 is 17.3 Å². The molecule has 154 valence electrons. The first-order chi connectivity index (χ1) is 14.0. The second kappa shape index (κ2) is 9.27. The van der Waals surface area contributed by atoms with Gasteiger partial charge >= 0.3 is 0 Å². The number of rotatable bonds is 8. The van der Waals surface area contributed by atoms with Gasteiger partial charge in [-0.1, -0.05) is 18.9 Å². The second-order valence-corrected chi connectivity index (χ2v) is 6.98. The summed E-state index contributed by atoms with van der Waals surface area (Å²) in [5.41, 5.74) is 1.60. The van der Waals surface area contributed by atoms with Crippen LogP contribution in [0.2, 0.25) is 0 Å². The van der Waals surface area contributed by atoms with E-state index in [1.165, 1.54) is 12.1 Å². The molecule has 0 bridgehead atoms. The fourth-order valence-corrected chi connectivity index (χ4v) is 3.52. The first-order valence-corrected chi connectivity index (χ1v) is 9.56. The highest BCUT2D eigenvalue weighted by molar-refractivity contribution is 6.00. The van der Waals surface area contributed by atoms with Crippen LogP contribution >= 0.6 is 0 Å². The van der Waals surface area contributed by atoms with Crippen LogP contribution in [0, 0.1) is 10.1 Å². The van der Waals surface area contributed by atoms with Crippen molar-refractivity contribution in [3.05, 3.63) is 57.6 Å². The average molecular weight is 399 g/mol. The number of hydrogen-bond acceptors (Lipinski definition) is 6. The van der Waals surface area contributed by atoms with E-state index in [0.29, 0.717) is 17.2 Å². The van der Waals surface area contributed by atoms with E-state index in [1.807, 2.05) is 6.07 Å². The van der Waals surface area contributed by atoms with Crippen molar-refractivity contribution in [2.24, 2.45) is 0 Å². The van der Waals surface area contributed by atoms with E-state index in [4.69, 9.17) is 9.47 Å². The number of non-ortho nitro benzene ring substituents is 1. The molecular weight excluding hydrogens is 374 g/mol. The fourth-order valence-electron chi connectivity index (χ4n) is 3.52. The number of ether oxygens (including phenoxy) is 2. The molecule has 1 saturated carbocycles. The fraction of sp³-hybridized carbons (Fsp3) is 0.381. The highest BCUT2D eigenvalue weighted by Gasteiger charge is 2.21. The maximum Gasteiger partial charge on any atom is 0.270 e. The van der Waals surface area contributed by atoms with Crippen LogP contribution in [-0.2, 0) is 6.54 Å². The molecule has 1 aliphatic rings. The molecule has 3 rings (SSSR count). The summed E-state index contributed by atoms with van der Waals surface area (Å²) in [5, 5.41) is 17.4. The maximum absolute atomic E-state index is 12.8. The largest absolute Gasteiger partial charge is 0.493 e. The van der Waals surface area contributed by atoms with Gasteiger partial charge in [-0.25, -0.2) is 0 Å². The van der Waals surface area contributed by atoms with Crippen LogP contribution in [0.25, 0.3) is 0 Å². The van der Waals surface area contributed by atoms with Crippen LogP contribution in [0.3, 0.4) is 0 Å². The number of amides is 1. The van der Waals surface area contributed by atoms with Gasteiger partial charge < -0.3 is 20.1 Å². The van der Waals surface area contributed by atoms with Gasteiger partial charge in [0.1, 0.15) is 0 Å². The number of benzene rings is 2. The molecule has 2 aromatic rings. The van der Waals surface area contributed by atoms with Gasteiger partial charge in [-0.2, -0.15) is 0 Å². The van der Waals surface area contributed by atoms with Gasteiger partial charge in [0.25, 0.3) is 11.6 Å². The summed E-state index contributed by atoms with van der Waals surface area (Å²) >= 11 is 0. The molecule has 0 heterocycles. The molecule has 1 fully saturated rings. The number of anilines is 1. The summed E-state index contributed by atoms with van der Waals surface area (Å²) in [6.07, 6.45) is 4.35. The van der Waals surface area contributed by atoms with E-state index in [9.17, 15) is 14.9 Å². The molecule has 8 nitrogen and oxygen atoms in total. The van der Waals surface area contributed by atoms with Crippen LogP contribution in [0.4, 0.5) is 11.4 Å². The minimum absolute atomic E-state index is 0.113. The molecule has 0 saturated heterocycles. The van der Waals surface area contributed by atoms with Gasteiger partial charge in [0.05, 0.1) is 24.7 Å². The van der Waals surface area contributed by atoms with Crippen molar-refractivity contribution in [1.82, 2.24) is 5.32 Å². The third-order valence-electron chi connectivity index (χ3n) is 5.07. The maximum atomic E-state index is 12.8. The molecule has 8 heteroatoms. The van der Waals surface area contributed by atoms with Crippen molar-refractivity contribution in [3.8, 4) is 11.5 Å². The van der Waals surface area contributed by atoms with Crippen molar-refractivity contribution in [2.45, 2.75) is 38.3 Å². The predicted octanol–water partition coefficient (Wildman–Crippen LogP) is 3.90. The molecule has 2 N–H and O–H groups in total. The Morgan fingerprint density at radius 3 is 2.48 bits per heavy atom. The van der Waals surface area contributed by atoms with E-state index in [1.54, 1.807) is 32.4 Å². The second-order valence-electron chi connectivity index (χ2n) is 6.98. The molecular formula is C21H25N3O5.